The van der Waals surface area contributed by atoms with Crippen LogP contribution in [0, 0.1) is 5.82 Å². The van der Waals surface area contributed by atoms with Crippen LogP contribution < -0.4 is 10.0 Å². The van der Waals surface area contributed by atoms with Gasteiger partial charge in [0.05, 0.1) is 22.5 Å². The number of halogens is 1. The second-order valence-electron chi connectivity index (χ2n) is 6.31. The molecule has 0 unspecified atom stereocenters. The fraction of sp³-hybridized carbons (Fsp3) is 0.263. The lowest BCUT2D eigenvalue weighted by atomic mass is 10.3. The van der Waals surface area contributed by atoms with Gasteiger partial charge in [-0.15, -0.1) is 0 Å². The number of nitrogens with zero attached hydrogens (tertiary/aromatic N) is 2. The molecule has 28 heavy (non-hydrogen) atoms. The molecule has 1 amide bonds. The fourth-order valence-corrected chi connectivity index (χ4v) is 3.85. The number of carbonyl (C=O) groups excluding carboxylic acids is 1. The average molecular weight is 404 g/mol. The number of hydrogen-bond donors (Lipinski definition) is 2. The Morgan fingerprint density at radius 1 is 1.14 bits per heavy atom. The van der Waals surface area contributed by atoms with Crippen LogP contribution in [-0.4, -0.2) is 30.4 Å². The van der Waals surface area contributed by atoms with E-state index in [-0.39, 0.29) is 23.8 Å². The second-order valence-corrected chi connectivity index (χ2v) is 8.07. The minimum absolute atomic E-state index is 0.0137. The molecule has 3 rings (SSSR count). The maximum absolute atomic E-state index is 12.9. The summed E-state index contributed by atoms with van der Waals surface area (Å²) in [6, 6.07) is 12.3. The monoisotopic (exact) mass is 404 g/mol. The molecular weight excluding hydrogens is 383 g/mol. The minimum Gasteiger partial charge on any atom is -0.349 e. The normalized spacial score (nSPS) is 11.6. The summed E-state index contributed by atoms with van der Waals surface area (Å²) in [5.74, 6) is 0.0517. The van der Waals surface area contributed by atoms with Gasteiger partial charge in [0.25, 0.3) is 0 Å². The van der Waals surface area contributed by atoms with Gasteiger partial charge in [-0.3, -0.25) is 4.79 Å². The predicted octanol–water partition coefficient (Wildman–Crippen LogP) is 2.09. The first-order chi connectivity index (χ1) is 13.4. The lowest BCUT2D eigenvalue weighted by Crippen LogP contribution is -2.28. The first kappa shape index (κ1) is 20.0. The van der Waals surface area contributed by atoms with Gasteiger partial charge in [-0.2, -0.15) is 0 Å². The van der Waals surface area contributed by atoms with E-state index in [1.165, 1.54) is 12.1 Å². The van der Waals surface area contributed by atoms with Gasteiger partial charge < -0.3 is 9.88 Å². The SMILES string of the molecule is Cn1c(CNC(=O)CCCNS(=O)(=O)c2ccc(F)cc2)nc2ccccc21. The van der Waals surface area contributed by atoms with Crippen LogP contribution in [0.25, 0.3) is 11.0 Å². The van der Waals surface area contributed by atoms with Crippen molar-refractivity contribution in [2.75, 3.05) is 6.54 Å². The van der Waals surface area contributed by atoms with Crippen molar-refractivity contribution in [3.63, 3.8) is 0 Å². The Hall–Kier alpha value is -2.78. The molecule has 7 nitrogen and oxygen atoms in total. The molecule has 2 aromatic carbocycles. The van der Waals surface area contributed by atoms with Crippen LogP contribution in [0.1, 0.15) is 18.7 Å². The van der Waals surface area contributed by atoms with Crippen LogP contribution in [0.15, 0.2) is 53.4 Å². The van der Waals surface area contributed by atoms with Gasteiger partial charge in [-0.1, -0.05) is 12.1 Å². The Morgan fingerprint density at radius 3 is 2.57 bits per heavy atom. The lowest BCUT2D eigenvalue weighted by Gasteiger charge is -2.08. The van der Waals surface area contributed by atoms with Gasteiger partial charge >= 0.3 is 0 Å². The van der Waals surface area contributed by atoms with Gasteiger partial charge in [0, 0.05) is 20.0 Å². The van der Waals surface area contributed by atoms with Gasteiger partial charge in [0.2, 0.25) is 15.9 Å². The summed E-state index contributed by atoms with van der Waals surface area (Å²) < 4.78 is 41.4. The smallest absolute Gasteiger partial charge is 0.240 e. The largest absolute Gasteiger partial charge is 0.349 e. The number of benzene rings is 2. The highest BCUT2D eigenvalue weighted by molar-refractivity contribution is 7.89. The van der Waals surface area contributed by atoms with E-state index in [0.717, 1.165) is 29.0 Å². The highest BCUT2D eigenvalue weighted by Crippen LogP contribution is 2.14. The number of imidazole rings is 1. The van der Waals surface area contributed by atoms with Crippen molar-refractivity contribution in [3.8, 4) is 0 Å². The number of aryl methyl sites for hydroxylation is 1. The van der Waals surface area contributed by atoms with E-state index in [4.69, 9.17) is 0 Å². The van der Waals surface area contributed by atoms with E-state index in [1.807, 2.05) is 35.9 Å². The molecule has 0 bridgehead atoms. The van der Waals surface area contributed by atoms with Gasteiger partial charge in [0.1, 0.15) is 11.6 Å². The van der Waals surface area contributed by atoms with Gasteiger partial charge in [-0.05, 0) is 42.8 Å². The standard InChI is InChI=1S/C19H21FN4O3S/c1-24-17-6-3-2-5-16(17)23-18(24)13-21-19(25)7-4-12-22-28(26,27)15-10-8-14(20)9-11-15/h2-3,5-6,8-11,22H,4,7,12-13H2,1H3,(H,21,25). The van der Waals surface area contributed by atoms with Crippen LogP contribution in [-0.2, 0) is 28.4 Å². The molecule has 9 heteroatoms. The number of aromatic nitrogens is 2. The zero-order chi connectivity index (χ0) is 20.1. The lowest BCUT2D eigenvalue weighted by molar-refractivity contribution is -0.121. The Kier molecular flexibility index (Phi) is 6.05. The maximum atomic E-state index is 12.9. The third kappa shape index (κ3) is 4.73. The Morgan fingerprint density at radius 2 is 1.86 bits per heavy atom. The number of sulfonamides is 1. The molecule has 2 N–H and O–H groups in total. The molecule has 0 aliphatic carbocycles. The Labute approximate surface area is 162 Å². The minimum atomic E-state index is -3.71. The molecule has 0 spiro atoms. The summed E-state index contributed by atoms with van der Waals surface area (Å²) in [6.07, 6.45) is 0.519. The first-order valence-electron chi connectivity index (χ1n) is 8.79. The molecule has 1 aromatic heterocycles. The second kappa shape index (κ2) is 8.49. The van der Waals surface area contributed by atoms with Gasteiger partial charge in [0.15, 0.2) is 0 Å². The van der Waals surface area contributed by atoms with Crippen molar-refractivity contribution >= 4 is 27.0 Å². The third-order valence-corrected chi connectivity index (χ3v) is 5.80. The molecule has 0 saturated heterocycles. The van der Waals surface area contributed by atoms with Gasteiger partial charge in [-0.25, -0.2) is 22.5 Å². The predicted molar refractivity (Wildman–Crippen MR) is 103 cm³/mol. The van der Waals surface area contributed by atoms with Crippen molar-refractivity contribution in [2.45, 2.75) is 24.3 Å². The molecule has 0 aliphatic heterocycles. The highest BCUT2D eigenvalue weighted by atomic mass is 32.2. The number of carbonyl (C=O) groups is 1. The summed E-state index contributed by atoms with van der Waals surface area (Å²) in [4.78, 5) is 16.5. The highest BCUT2D eigenvalue weighted by Gasteiger charge is 2.14. The van der Waals surface area contributed by atoms with Crippen molar-refractivity contribution in [2.24, 2.45) is 7.05 Å². The van der Waals surface area contributed by atoms with Crippen molar-refractivity contribution in [3.05, 3.63) is 60.2 Å². The van der Waals surface area contributed by atoms with Crippen molar-refractivity contribution in [1.82, 2.24) is 19.6 Å². The Balaban J connectivity index is 1.44. The topological polar surface area (TPSA) is 93.1 Å². The number of hydrogen-bond acceptors (Lipinski definition) is 4. The van der Waals surface area contributed by atoms with E-state index < -0.39 is 15.8 Å². The number of rotatable bonds is 8. The fourth-order valence-electron chi connectivity index (χ4n) is 2.77. The zero-order valence-electron chi connectivity index (χ0n) is 15.4. The summed E-state index contributed by atoms with van der Waals surface area (Å²) >= 11 is 0. The molecule has 148 valence electrons. The first-order valence-corrected chi connectivity index (χ1v) is 10.3. The number of nitrogens with one attached hydrogen (secondary N) is 2. The van der Waals surface area contributed by atoms with E-state index in [9.17, 15) is 17.6 Å². The van der Waals surface area contributed by atoms with Crippen molar-refractivity contribution < 1.29 is 17.6 Å². The molecule has 0 atom stereocenters. The quantitative estimate of drug-likeness (QED) is 0.562. The average Bonchev–Trinajstić information content (AvgIpc) is 3.00. The summed E-state index contributed by atoms with van der Waals surface area (Å²) in [6.45, 7) is 0.407. The molecule has 0 fully saturated rings. The molecule has 3 aromatic rings. The molecule has 0 saturated carbocycles. The summed E-state index contributed by atoms with van der Waals surface area (Å²) in [7, 11) is -1.82. The number of fused-ring (bicyclic) bond motifs is 1. The van der Waals surface area contributed by atoms with E-state index >= 15 is 0 Å². The summed E-state index contributed by atoms with van der Waals surface area (Å²) in [5, 5.41) is 2.80. The molecule has 0 aliphatic rings. The Bertz CT molecular complexity index is 1080. The van der Waals surface area contributed by atoms with Crippen LogP contribution in [0.5, 0.6) is 0 Å². The molecule has 0 radical (unpaired) electrons. The van der Waals surface area contributed by atoms with E-state index in [1.54, 1.807) is 0 Å². The third-order valence-electron chi connectivity index (χ3n) is 4.32. The van der Waals surface area contributed by atoms with Crippen LogP contribution in [0.2, 0.25) is 0 Å². The number of para-hydroxylation sites is 2. The molecule has 1 heterocycles. The molecular formula is C19H21FN4O3S. The van der Waals surface area contributed by atoms with E-state index in [2.05, 4.69) is 15.0 Å². The zero-order valence-corrected chi connectivity index (χ0v) is 16.2. The number of amides is 1. The van der Waals surface area contributed by atoms with Crippen LogP contribution >= 0.6 is 0 Å². The van der Waals surface area contributed by atoms with Crippen LogP contribution in [0.3, 0.4) is 0 Å². The summed E-state index contributed by atoms with van der Waals surface area (Å²) in [5.41, 5.74) is 1.85. The maximum Gasteiger partial charge on any atom is 0.240 e. The van der Waals surface area contributed by atoms with Crippen molar-refractivity contribution in [1.29, 1.82) is 0 Å². The van der Waals surface area contributed by atoms with E-state index in [0.29, 0.717) is 13.0 Å². The van der Waals surface area contributed by atoms with Crippen LogP contribution in [0.4, 0.5) is 4.39 Å².